The topological polar surface area (TPSA) is 43.4 Å². The summed E-state index contributed by atoms with van der Waals surface area (Å²) in [6, 6.07) is 11.4. The predicted molar refractivity (Wildman–Crippen MR) is 75.0 cm³/mol. The Morgan fingerprint density at radius 2 is 1.80 bits per heavy atom. The summed E-state index contributed by atoms with van der Waals surface area (Å²) < 4.78 is 5.50. The Balaban J connectivity index is 2.11. The van der Waals surface area contributed by atoms with E-state index in [1.54, 1.807) is 12.3 Å². The van der Waals surface area contributed by atoms with Crippen molar-refractivity contribution in [3.05, 3.63) is 65.4 Å². The first-order chi connectivity index (χ1) is 9.77. The Labute approximate surface area is 115 Å². The van der Waals surface area contributed by atoms with Crippen LogP contribution >= 0.6 is 0 Å². The molecular formula is C17H10O3. The minimum atomic E-state index is -0.451. The van der Waals surface area contributed by atoms with E-state index in [9.17, 15) is 9.59 Å². The van der Waals surface area contributed by atoms with Crippen molar-refractivity contribution in [1.29, 1.82) is 0 Å². The fraction of sp³-hybridized carbons (Fsp3) is 0.0588. The van der Waals surface area contributed by atoms with E-state index in [4.69, 9.17) is 4.74 Å². The molecule has 3 nitrogen and oxygen atoms in total. The molecule has 3 heteroatoms. The van der Waals surface area contributed by atoms with Crippen LogP contribution in [0.2, 0.25) is 0 Å². The minimum absolute atomic E-state index is 0.436. The molecule has 4 rings (SSSR count). The Kier molecular flexibility index (Phi) is 2.18. The zero-order valence-electron chi connectivity index (χ0n) is 10.6. The van der Waals surface area contributed by atoms with Crippen LogP contribution in [0.4, 0.5) is 0 Å². The quantitative estimate of drug-likeness (QED) is 0.684. The van der Waals surface area contributed by atoms with Crippen LogP contribution in [0.1, 0.15) is 22.3 Å². The standard InChI is InChI=1S/C17H10O3/c18-15-13-6-3-9-20-17(13)12-8-7-10-4-1-2-5-11(10)14(12)16(15)19/h1-5,7-9H,6H2. The molecule has 0 amide bonds. The van der Waals surface area contributed by atoms with Crippen LogP contribution in [0.25, 0.3) is 16.5 Å². The number of Topliss-reactive ketones (excluding diaryl/α,β-unsaturated/α-hetero) is 2. The number of hydrogen-bond acceptors (Lipinski definition) is 3. The Hall–Kier alpha value is -2.68. The van der Waals surface area contributed by atoms with Gasteiger partial charge in [0.1, 0.15) is 5.76 Å². The summed E-state index contributed by atoms with van der Waals surface area (Å²) in [5, 5.41) is 1.75. The largest absolute Gasteiger partial charge is 0.464 e. The molecule has 2 aliphatic rings. The second kappa shape index (κ2) is 3.90. The van der Waals surface area contributed by atoms with Crippen molar-refractivity contribution in [3.63, 3.8) is 0 Å². The summed E-state index contributed by atoms with van der Waals surface area (Å²) in [6.07, 6.45) is 3.77. The highest BCUT2D eigenvalue weighted by molar-refractivity contribution is 6.54. The third-order valence-electron chi connectivity index (χ3n) is 3.76. The fourth-order valence-corrected chi connectivity index (χ4v) is 2.82. The van der Waals surface area contributed by atoms with Crippen LogP contribution in [0.3, 0.4) is 0 Å². The first kappa shape index (κ1) is 11.2. The van der Waals surface area contributed by atoms with Gasteiger partial charge < -0.3 is 4.74 Å². The number of benzene rings is 2. The van der Waals surface area contributed by atoms with Crippen LogP contribution in [0.15, 0.2) is 54.3 Å². The van der Waals surface area contributed by atoms with Gasteiger partial charge in [-0.05, 0) is 22.9 Å². The Morgan fingerprint density at radius 3 is 2.70 bits per heavy atom. The van der Waals surface area contributed by atoms with Gasteiger partial charge in [0, 0.05) is 17.5 Å². The maximum absolute atomic E-state index is 12.4. The fourth-order valence-electron chi connectivity index (χ4n) is 2.82. The van der Waals surface area contributed by atoms with Crippen molar-refractivity contribution in [2.45, 2.75) is 6.42 Å². The van der Waals surface area contributed by atoms with Gasteiger partial charge in [0.15, 0.2) is 0 Å². The summed E-state index contributed by atoms with van der Waals surface area (Å²) >= 11 is 0. The SMILES string of the molecule is O=C1C(=O)c2c(ccc3ccccc23)C2=C1CC=CO2. The van der Waals surface area contributed by atoms with Crippen LogP contribution in [-0.2, 0) is 9.53 Å². The molecule has 0 saturated heterocycles. The first-order valence-electron chi connectivity index (χ1n) is 6.43. The third-order valence-corrected chi connectivity index (χ3v) is 3.76. The summed E-state index contributed by atoms with van der Waals surface area (Å²) in [7, 11) is 0. The lowest BCUT2D eigenvalue weighted by molar-refractivity contribution is -0.112. The molecule has 20 heavy (non-hydrogen) atoms. The molecule has 0 saturated carbocycles. The molecule has 1 heterocycles. The van der Waals surface area contributed by atoms with Gasteiger partial charge in [0.05, 0.1) is 11.8 Å². The van der Waals surface area contributed by atoms with E-state index in [0.29, 0.717) is 28.9 Å². The molecule has 0 aromatic heterocycles. The van der Waals surface area contributed by atoms with Gasteiger partial charge in [0.25, 0.3) is 0 Å². The zero-order chi connectivity index (χ0) is 13.7. The molecular weight excluding hydrogens is 252 g/mol. The molecule has 0 fully saturated rings. The summed E-state index contributed by atoms with van der Waals surface area (Å²) in [6.45, 7) is 0. The molecule has 0 radical (unpaired) electrons. The molecule has 0 bridgehead atoms. The molecule has 0 spiro atoms. The molecule has 0 N–H and O–H groups in total. The highest BCUT2D eigenvalue weighted by Gasteiger charge is 2.35. The summed E-state index contributed by atoms with van der Waals surface area (Å²) in [5.74, 6) is -0.361. The lowest BCUT2D eigenvalue weighted by atomic mass is 9.84. The highest BCUT2D eigenvalue weighted by atomic mass is 16.5. The Morgan fingerprint density at radius 1 is 0.950 bits per heavy atom. The van der Waals surface area contributed by atoms with E-state index in [2.05, 4.69) is 0 Å². The van der Waals surface area contributed by atoms with Crippen LogP contribution in [-0.4, -0.2) is 11.6 Å². The second-order valence-corrected chi connectivity index (χ2v) is 4.87. The zero-order valence-corrected chi connectivity index (χ0v) is 10.6. The van der Waals surface area contributed by atoms with Crippen molar-refractivity contribution in [2.75, 3.05) is 0 Å². The van der Waals surface area contributed by atoms with Crippen molar-refractivity contribution in [3.8, 4) is 0 Å². The molecule has 0 unspecified atom stereocenters. The average Bonchev–Trinajstić information content (AvgIpc) is 2.51. The number of carbonyl (C=O) groups is 2. The number of carbonyl (C=O) groups excluding carboxylic acids is 2. The molecule has 96 valence electrons. The maximum atomic E-state index is 12.4. The monoisotopic (exact) mass is 262 g/mol. The maximum Gasteiger partial charge on any atom is 0.234 e. The third kappa shape index (κ3) is 1.35. The van der Waals surface area contributed by atoms with Gasteiger partial charge in [-0.2, -0.15) is 0 Å². The van der Waals surface area contributed by atoms with Crippen LogP contribution < -0.4 is 0 Å². The van der Waals surface area contributed by atoms with E-state index < -0.39 is 11.6 Å². The molecule has 1 aliphatic carbocycles. The lowest BCUT2D eigenvalue weighted by Gasteiger charge is -2.23. The minimum Gasteiger partial charge on any atom is -0.464 e. The van der Waals surface area contributed by atoms with Gasteiger partial charge in [0.2, 0.25) is 11.6 Å². The molecule has 2 aromatic rings. The van der Waals surface area contributed by atoms with Gasteiger partial charge in [-0.3, -0.25) is 9.59 Å². The predicted octanol–water partition coefficient (Wildman–Crippen LogP) is 3.25. The van der Waals surface area contributed by atoms with E-state index in [1.807, 2.05) is 36.4 Å². The number of allylic oxidation sites excluding steroid dienone is 2. The van der Waals surface area contributed by atoms with Crippen LogP contribution in [0.5, 0.6) is 0 Å². The first-order valence-corrected chi connectivity index (χ1v) is 6.43. The van der Waals surface area contributed by atoms with Gasteiger partial charge in [-0.25, -0.2) is 0 Å². The van der Waals surface area contributed by atoms with Crippen molar-refractivity contribution < 1.29 is 14.3 Å². The summed E-state index contributed by atoms with van der Waals surface area (Å²) in [5.41, 5.74) is 1.63. The van der Waals surface area contributed by atoms with E-state index in [-0.39, 0.29) is 0 Å². The van der Waals surface area contributed by atoms with Crippen molar-refractivity contribution >= 4 is 28.1 Å². The number of ether oxygens (including phenoxy) is 1. The lowest BCUT2D eigenvalue weighted by Crippen LogP contribution is -2.25. The molecule has 1 aliphatic heterocycles. The normalized spacial score (nSPS) is 17.0. The highest BCUT2D eigenvalue weighted by Crippen LogP contribution is 2.37. The van der Waals surface area contributed by atoms with E-state index in [0.717, 1.165) is 10.8 Å². The van der Waals surface area contributed by atoms with Crippen molar-refractivity contribution in [2.24, 2.45) is 0 Å². The average molecular weight is 262 g/mol. The second-order valence-electron chi connectivity index (χ2n) is 4.87. The van der Waals surface area contributed by atoms with E-state index in [1.165, 1.54) is 0 Å². The van der Waals surface area contributed by atoms with Crippen molar-refractivity contribution in [1.82, 2.24) is 0 Å². The number of hydrogen-bond donors (Lipinski definition) is 0. The number of fused-ring (bicyclic) bond motifs is 4. The van der Waals surface area contributed by atoms with E-state index >= 15 is 0 Å². The smallest absolute Gasteiger partial charge is 0.234 e. The number of rotatable bonds is 0. The van der Waals surface area contributed by atoms with Crippen LogP contribution in [0, 0.1) is 0 Å². The Bertz CT molecular complexity index is 840. The van der Waals surface area contributed by atoms with Gasteiger partial charge in [-0.1, -0.05) is 30.3 Å². The number of ketones is 2. The molecule has 0 atom stereocenters. The molecule has 2 aromatic carbocycles. The summed E-state index contributed by atoms with van der Waals surface area (Å²) in [4.78, 5) is 24.7. The van der Waals surface area contributed by atoms with Gasteiger partial charge >= 0.3 is 0 Å². The van der Waals surface area contributed by atoms with Gasteiger partial charge in [-0.15, -0.1) is 0 Å².